The minimum Gasteiger partial charge on any atom is -0.323 e. The van der Waals surface area contributed by atoms with Gasteiger partial charge in [-0.15, -0.1) is 0 Å². The zero-order valence-corrected chi connectivity index (χ0v) is 13.8. The van der Waals surface area contributed by atoms with Gasteiger partial charge in [-0.05, 0) is 36.8 Å². The first-order valence-electron chi connectivity index (χ1n) is 7.79. The van der Waals surface area contributed by atoms with Crippen LogP contribution in [-0.4, -0.2) is 27.8 Å². The predicted octanol–water partition coefficient (Wildman–Crippen LogP) is 3.84. The molecule has 3 aromatic rings. The number of nitrogens with zero attached hydrogens (tertiary/aromatic N) is 3. The molecule has 24 heavy (non-hydrogen) atoms. The summed E-state index contributed by atoms with van der Waals surface area (Å²) < 4.78 is 1.81. The first-order chi connectivity index (χ1) is 11.6. The van der Waals surface area contributed by atoms with Crippen molar-refractivity contribution in [2.24, 2.45) is 0 Å². The molecule has 1 N–H and O–H groups in total. The maximum Gasteiger partial charge on any atom is 0.321 e. The van der Waals surface area contributed by atoms with Gasteiger partial charge < -0.3 is 10.2 Å². The summed E-state index contributed by atoms with van der Waals surface area (Å²) in [5.74, 6) is 0. The maximum absolute atomic E-state index is 12.3. The van der Waals surface area contributed by atoms with E-state index in [9.17, 15) is 4.79 Å². The van der Waals surface area contributed by atoms with Crippen LogP contribution in [0.2, 0.25) is 0 Å². The van der Waals surface area contributed by atoms with Crippen LogP contribution in [-0.2, 0) is 6.54 Å². The summed E-state index contributed by atoms with van der Waals surface area (Å²) >= 11 is 0. The van der Waals surface area contributed by atoms with E-state index in [1.165, 1.54) is 0 Å². The van der Waals surface area contributed by atoms with Crippen LogP contribution < -0.4 is 5.32 Å². The topological polar surface area (TPSA) is 50.2 Å². The number of rotatable bonds is 4. The fraction of sp³-hybridized carbons (Fsp3) is 0.158. The first-order valence-corrected chi connectivity index (χ1v) is 7.79. The Balaban J connectivity index is 1.63. The molecule has 0 aliphatic carbocycles. The third-order valence-corrected chi connectivity index (χ3v) is 3.69. The second kappa shape index (κ2) is 7.00. The fourth-order valence-electron chi connectivity index (χ4n) is 2.45. The number of nitrogens with one attached hydrogen (secondary N) is 1. The average molecular weight is 320 g/mol. The van der Waals surface area contributed by atoms with E-state index in [0.29, 0.717) is 6.54 Å². The molecular weight excluding hydrogens is 300 g/mol. The van der Waals surface area contributed by atoms with Gasteiger partial charge in [0.2, 0.25) is 0 Å². The number of benzene rings is 2. The van der Waals surface area contributed by atoms with Gasteiger partial charge in [-0.25, -0.2) is 9.48 Å². The van der Waals surface area contributed by atoms with Crippen LogP contribution in [0.4, 0.5) is 10.5 Å². The second-order valence-electron chi connectivity index (χ2n) is 5.78. The molecule has 0 bridgehead atoms. The highest BCUT2D eigenvalue weighted by Crippen LogP contribution is 2.12. The number of para-hydroxylation sites is 1. The van der Waals surface area contributed by atoms with E-state index in [4.69, 9.17) is 0 Å². The van der Waals surface area contributed by atoms with Crippen molar-refractivity contribution in [3.05, 3.63) is 78.1 Å². The van der Waals surface area contributed by atoms with Crippen molar-refractivity contribution in [3.63, 3.8) is 0 Å². The Bertz CT molecular complexity index is 826. The third-order valence-electron chi connectivity index (χ3n) is 3.69. The molecule has 5 nitrogen and oxygen atoms in total. The van der Waals surface area contributed by atoms with Gasteiger partial charge in [0.1, 0.15) is 0 Å². The van der Waals surface area contributed by atoms with Crippen molar-refractivity contribution < 1.29 is 4.79 Å². The molecule has 0 aliphatic rings. The number of aryl methyl sites for hydroxylation is 1. The average Bonchev–Trinajstić information content (AvgIpc) is 3.04. The molecule has 0 fully saturated rings. The first kappa shape index (κ1) is 15.8. The lowest BCUT2D eigenvalue weighted by Crippen LogP contribution is -2.30. The molecular formula is C19H20N4O. The molecule has 5 heteroatoms. The zero-order valence-electron chi connectivity index (χ0n) is 13.8. The van der Waals surface area contributed by atoms with E-state index in [0.717, 1.165) is 22.5 Å². The van der Waals surface area contributed by atoms with E-state index < -0.39 is 0 Å². The molecule has 0 spiro atoms. The van der Waals surface area contributed by atoms with Gasteiger partial charge in [-0.2, -0.15) is 5.10 Å². The van der Waals surface area contributed by atoms with Gasteiger partial charge in [-0.3, -0.25) is 0 Å². The summed E-state index contributed by atoms with van der Waals surface area (Å²) in [6, 6.07) is 17.5. The number of hydrogen-bond acceptors (Lipinski definition) is 2. The monoisotopic (exact) mass is 320 g/mol. The molecule has 0 saturated heterocycles. The quantitative estimate of drug-likeness (QED) is 0.794. The van der Waals surface area contributed by atoms with Crippen LogP contribution in [0.1, 0.15) is 11.1 Å². The summed E-state index contributed by atoms with van der Waals surface area (Å²) in [5, 5.41) is 7.25. The number of anilines is 1. The van der Waals surface area contributed by atoms with E-state index in [2.05, 4.69) is 10.4 Å². The fourth-order valence-corrected chi connectivity index (χ4v) is 2.45. The van der Waals surface area contributed by atoms with Crippen LogP contribution in [0, 0.1) is 6.92 Å². The third kappa shape index (κ3) is 3.81. The van der Waals surface area contributed by atoms with Crippen molar-refractivity contribution in [1.82, 2.24) is 14.7 Å². The molecule has 0 aliphatic heterocycles. The molecule has 0 radical (unpaired) electrons. The van der Waals surface area contributed by atoms with Gasteiger partial charge in [0.15, 0.2) is 0 Å². The number of carbonyl (C=O) groups excluding carboxylic acids is 1. The Morgan fingerprint density at radius 1 is 1.17 bits per heavy atom. The van der Waals surface area contributed by atoms with Crippen molar-refractivity contribution in [1.29, 1.82) is 0 Å². The molecule has 122 valence electrons. The lowest BCUT2D eigenvalue weighted by molar-refractivity contribution is 0.220. The highest BCUT2D eigenvalue weighted by atomic mass is 16.2. The van der Waals surface area contributed by atoms with Gasteiger partial charge in [0, 0.05) is 24.5 Å². The van der Waals surface area contributed by atoms with E-state index >= 15 is 0 Å². The summed E-state index contributed by atoms with van der Waals surface area (Å²) in [4.78, 5) is 13.9. The van der Waals surface area contributed by atoms with E-state index in [-0.39, 0.29) is 6.03 Å². The van der Waals surface area contributed by atoms with Gasteiger partial charge in [0.25, 0.3) is 0 Å². The number of carbonyl (C=O) groups is 1. The second-order valence-corrected chi connectivity index (χ2v) is 5.78. The Hall–Kier alpha value is -3.08. The lowest BCUT2D eigenvalue weighted by Gasteiger charge is -2.17. The summed E-state index contributed by atoms with van der Waals surface area (Å²) in [5.41, 5.74) is 3.88. The summed E-state index contributed by atoms with van der Waals surface area (Å²) in [6.07, 6.45) is 3.72. The number of amides is 2. The molecule has 1 aromatic heterocycles. The molecule has 1 heterocycles. The highest BCUT2D eigenvalue weighted by molar-refractivity contribution is 5.89. The number of aromatic nitrogens is 2. The molecule has 0 saturated carbocycles. The summed E-state index contributed by atoms with van der Waals surface area (Å²) in [7, 11) is 1.77. The van der Waals surface area contributed by atoms with Crippen LogP contribution in [0.3, 0.4) is 0 Å². The Labute approximate surface area is 141 Å². The zero-order chi connectivity index (χ0) is 16.9. The highest BCUT2D eigenvalue weighted by Gasteiger charge is 2.11. The van der Waals surface area contributed by atoms with Crippen LogP contribution >= 0.6 is 0 Å². The van der Waals surface area contributed by atoms with Gasteiger partial charge >= 0.3 is 6.03 Å². The molecule has 3 rings (SSSR count). The predicted molar refractivity (Wildman–Crippen MR) is 95.2 cm³/mol. The largest absolute Gasteiger partial charge is 0.323 e. The van der Waals surface area contributed by atoms with E-state index in [1.807, 2.05) is 72.4 Å². The van der Waals surface area contributed by atoms with Crippen LogP contribution in [0.15, 0.2) is 67.0 Å². The smallest absolute Gasteiger partial charge is 0.321 e. The molecule has 2 aromatic carbocycles. The number of hydrogen-bond donors (Lipinski definition) is 1. The molecule has 2 amide bonds. The van der Waals surface area contributed by atoms with Crippen molar-refractivity contribution in [2.45, 2.75) is 13.5 Å². The van der Waals surface area contributed by atoms with Gasteiger partial charge in [0.05, 0.1) is 18.4 Å². The van der Waals surface area contributed by atoms with Crippen molar-refractivity contribution in [3.8, 4) is 5.69 Å². The molecule has 0 unspecified atom stereocenters. The SMILES string of the molecule is Cc1cccc(NC(=O)N(C)Cc2cnn(-c3ccccc3)c2)c1. The lowest BCUT2D eigenvalue weighted by atomic mass is 10.2. The van der Waals surface area contributed by atoms with Crippen LogP contribution in [0.25, 0.3) is 5.69 Å². The van der Waals surface area contributed by atoms with Gasteiger partial charge in [-0.1, -0.05) is 30.3 Å². The van der Waals surface area contributed by atoms with Crippen LogP contribution in [0.5, 0.6) is 0 Å². The molecule has 0 atom stereocenters. The summed E-state index contributed by atoms with van der Waals surface area (Å²) in [6.45, 7) is 2.49. The maximum atomic E-state index is 12.3. The van der Waals surface area contributed by atoms with Crippen molar-refractivity contribution in [2.75, 3.05) is 12.4 Å². The Kier molecular flexibility index (Phi) is 4.61. The Morgan fingerprint density at radius 3 is 2.71 bits per heavy atom. The van der Waals surface area contributed by atoms with E-state index in [1.54, 1.807) is 18.1 Å². The standard InChI is InChI=1S/C19H20N4O/c1-15-7-6-8-17(11-15)21-19(24)22(2)13-16-12-20-23(14-16)18-9-4-3-5-10-18/h3-12,14H,13H2,1-2H3,(H,21,24). The minimum atomic E-state index is -0.145. The van der Waals surface area contributed by atoms with Crippen molar-refractivity contribution >= 4 is 11.7 Å². The minimum absolute atomic E-state index is 0.145. The number of urea groups is 1. The normalized spacial score (nSPS) is 10.4. The Morgan fingerprint density at radius 2 is 1.96 bits per heavy atom.